The Kier molecular flexibility index (Phi) is 22.1. The third kappa shape index (κ3) is 21.9. The highest BCUT2D eigenvalue weighted by Crippen LogP contribution is 2.00. The largest absolute Gasteiger partial charge is 0.356 e. The fourth-order valence-corrected chi connectivity index (χ4v) is 3.16. The van der Waals surface area contributed by atoms with Crippen molar-refractivity contribution in [2.45, 2.75) is 64.7 Å². The van der Waals surface area contributed by atoms with Gasteiger partial charge in [-0.05, 0) is 32.1 Å². The molecule has 0 fully saturated rings. The van der Waals surface area contributed by atoms with Crippen LogP contribution >= 0.6 is 0 Å². The van der Waals surface area contributed by atoms with Crippen molar-refractivity contribution in [2.24, 2.45) is 5.73 Å². The molecule has 41 heavy (non-hydrogen) atoms. The lowest BCUT2D eigenvalue weighted by Gasteiger charge is -2.13. The molecule has 0 saturated heterocycles. The van der Waals surface area contributed by atoms with Gasteiger partial charge in [0, 0.05) is 58.8 Å². The van der Waals surface area contributed by atoms with Crippen molar-refractivity contribution in [3.63, 3.8) is 0 Å². The van der Waals surface area contributed by atoms with Crippen molar-refractivity contribution in [1.29, 1.82) is 0 Å². The molecule has 14 nitrogen and oxygen atoms in total. The molecule has 0 bridgehead atoms. The van der Waals surface area contributed by atoms with Gasteiger partial charge in [-0.25, -0.2) is 15.2 Å². The molecule has 0 spiro atoms. The smallest absolute Gasteiger partial charge is 0.246 e. The molecule has 14 heteroatoms. The van der Waals surface area contributed by atoms with Crippen LogP contribution in [0.2, 0.25) is 0 Å². The molecule has 0 aliphatic carbocycles. The lowest BCUT2D eigenvalue weighted by molar-refractivity contribution is -0.163. The Bertz CT molecular complexity index is 893. The molecule has 5 amide bonds. The second-order valence-electron chi connectivity index (χ2n) is 9.06. The minimum Gasteiger partial charge on any atom is -0.356 e. The molecule has 0 rings (SSSR count). The topological polar surface area (TPSA) is 206 Å². The number of nitrogens with two attached hydrogens (primary N) is 1. The first-order valence-electron chi connectivity index (χ1n) is 13.7. The van der Waals surface area contributed by atoms with Gasteiger partial charge in [-0.2, -0.15) is 0 Å². The summed E-state index contributed by atoms with van der Waals surface area (Å²) in [6.45, 7) is 2.66. The zero-order valence-electron chi connectivity index (χ0n) is 23.9. The highest BCUT2D eigenvalue weighted by Gasteiger charge is 2.13. The summed E-state index contributed by atoms with van der Waals surface area (Å²) >= 11 is 0. The normalized spacial score (nSPS) is 11.2. The van der Waals surface area contributed by atoms with E-state index in [-0.39, 0.29) is 57.1 Å². The number of unbranched alkanes of at least 4 members (excludes halogenated alkanes) is 3. The summed E-state index contributed by atoms with van der Waals surface area (Å²) < 4.78 is 0. The number of rotatable bonds is 22. The lowest BCUT2D eigenvalue weighted by atomic mass is 10.2. The Labute approximate surface area is 241 Å². The van der Waals surface area contributed by atoms with Crippen molar-refractivity contribution in [2.75, 3.05) is 39.3 Å². The molecule has 0 aromatic carbocycles. The molecule has 0 aliphatic heterocycles. The molecule has 0 aromatic heterocycles. The Hall–Kier alpha value is -3.59. The van der Waals surface area contributed by atoms with Crippen LogP contribution in [-0.2, 0) is 24.0 Å². The van der Waals surface area contributed by atoms with Gasteiger partial charge in [0.25, 0.3) is 0 Å². The summed E-state index contributed by atoms with van der Waals surface area (Å²) in [5.41, 5.74) is 5.30. The lowest BCUT2D eigenvalue weighted by Crippen LogP contribution is -2.30. The average molecular weight is 583 g/mol. The minimum absolute atomic E-state index is 0.00579. The first-order chi connectivity index (χ1) is 19.6. The zero-order valence-corrected chi connectivity index (χ0v) is 23.9. The highest BCUT2D eigenvalue weighted by atomic mass is 16.5. The summed E-state index contributed by atoms with van der Waals surface area (Å²) in [6.07, 6.45) is 12.8. The van der Waals surface area contributed by atoms with Gasteiger partial charge >= 0.3 is 0 Å². The third-order valence-electron chi connectivity index (χ3n) is 5.55. The van der Waals surface area contributed by atoms with Crippen LogP contribution in [0.4, 0.5) is 0 Å². The molecule has 232 valence electrons. The number of amides is 5. The van der Waals surface area contributed by atoms with E-state index in [0.717, 1.165) is 0 Å². The number of nitrogens with zero attached hydrogens (tertiary/aromatic N) is 3. The van der Waals surface area contributed by atoms with Gasteiger partial charge in [0.15, 0.2) is 0 Å². The summed E-state index contributed by atoms with van der Waals surface area (Å²) in [6, 6.07) is 0. The maximum absolute atomic E-state index is 12.0. The van der Waals surface area contributed by atoms with Crippen LogP contribution in [0.15, 0.2) is 36.5 Å². The maximum Gasteiger partial charge on any atom is 0.246 e. The van der Waals surface area contributed by atoms with Crippen molar-refractivity contribution in [3.8, 4) is 0 Å². The van der Waals surface area contributed by atoms with E-state index in [0.29, 0.717) is 66.9 Å². The number of carbonyl (C=O) groups excluding carboxylic acids is 5. The summed E-state index contributed by atoms with van der Waals surface area (Å²) in [5.74, 6) is -2.18. The van der Waals surface area contributed by atoms with E-state index in [9.17, 15) is 39.6 Å². The first-order valence-corrected chi connectivity index (χ1v) is 13.7. The summed E-state index contributed by atoms with van der Waals surface area (Å²) in [7, 11) is 0. The van der Waals surface area contributed by atoms with Crippen LogP contribution in [0.5, 0.6) is 0 Å². The van der Waals surface area contributed by atoms with Crippen LogP contribution in [0.1, 0.15) is 64.7 Å². The van der Waals surface area contributed by atoms with Gasteiger partial charge in [-0.15, -0.1) is 0 Å². The molecule has 0 aliphatic rings. The molecule has 0 saturated carbocycles. The van der Waals surface area contributed by atoms with Gasteiger partial charge in [0.1, 0.15) is 0 Å². The first kappa shape index (κ1) is 37.4. The average Bonchev–Trinajstić information content (AvgIpc) is 2.95. The van der Waals surface area contributed by atoms with Crippen molar-refractivity contribution < 1.29 is 39.6 Å². The van der Waals surface area contributed by atoms with E-state index in [1.165, 1.54) is 6.92 Å². The van der Waals surface area contributed by atoms with Crippen LogP contribution < -0.4 is 16.4 Å². The number of hydrogen-bond acceptors (Lipinski definition) is 9. The molecular weight excluding hydrogens is 536 g/mol. The SMILES string of the molecule is CC(=O)N(O)CCCCCNC(=O)CCC(=O)N(O)C/C=C/CCCNC(=O)CCC(=O)N(O)C/C=C/C=C/CN. The number of hydroxylamine groups is 6. The van der Waals surface area contributed by atoms with Gasteiger partial charge in [-0.1, -0.05) is 36.5 Å². The standard InChI is InChI=1S/C27H46N6O8/c1-23(34)31(39)20-12-6-9-19-30-25(36)14-16-27(38)33(41)22-11-5-3-8-18-29-24(35)13-15-26(37)32(40)21-10-4-2-7-17-28/h2,4-5,7,10-11,39-41H,3,6,8-9,12-22,28H2,1H3,(H,29,35)(H,30,36)/b7-2+,10-4+,11-5+. The quantitative estimate of drug-likeness (QED) is 0.0354. The van der Waals surface area contributed by atoms with Crippen LogP contribution in [0.25, 0.3) is 0 Å². The van der Waals surface area contributed by atoms with Crippen LogP contribution in [0, 0.1) is 0 Å². The predicted octanol–water partition coefficient (Wildman–Crippen LogP) is 1.03. The molecule has 0 aromatic rings. The molecule has 7 N–H and O–H groups in total. The van der Waals surface area contributed by atoms with Crippen LogP contribution in [0.3, 0.4) is 0 Å². The Morgan fingerprint density at radius 2 is 1.20 bits per heavy atom. The van der Waals surface area contributed by atoms with Gasteiger partial charge < -0.3 is 16.4 Å². The monoisotopic (exact) mass is 582 g/mol. The van der Waals surface area contributed by atoms with E-state index in [1.54, 1.807) is 36.5 Å². The fourth-order valence-electron chi connectivity index (χ4n) is 3.16. The third-order valence-corrected chi connectivity index (χ3v) is 5.55. The van der Waals surface area contributed by atoms with Gasteiger partial charge in [0.05, 0.1) is 13.1 Å². The van der Waals surface area contributed by atoms with Crippen LogP contribution in [-0.4, -0.2) is 99.6 Å². The summed E-state index contributed by atoms with van der Waals surface area (Å²) in [5, 5.41) is 35.8. The van der Waals surface area contributed by atoms with Gasteiger partial charge in [0.2, 0.25) is 29.5 Å². The van der Waals surface area contributed by atoms with E-state index >= 15 is 0 Å². The number of hydrogen-bond donors (Lipinski definition) is 6. The van der Waals surface area contributed by atoms with E-state index in [4.69, 9.17) is 5.73 Å². The maximum atomic E-state index is 12.0. The molecule has 0 unspecified atom stereocenters. The number of allylic oxidation sites excluding steroid dienone is 3. The molecule has 0 heterocycles. The molecule has 0 atom stereocenters. The Morgan fingerprint density at radius 1 is 0.659 bits per heavy atom. The van der Waals surface area contributed by atoms with E-state index < -0.39 is 17.7 Å². The van der Waals surface area contributed by atoms with Crippen molar-refractivity contribution >= 4 is 29.5 Å². The van der Waals surface area contributed by atoms with E-state index in [1.807, 2.05) is 0 Å². The summed E-state index contributed by atoms with van der Waals surface area (Å²) in [4.78, 5) is 58.4. The van der Waals surface area contributed by atoms with Crippen molar-refractivity contribution in [3.05, 3.63) is 36.5 Å². The second-order valence-corrected chi connectivity index (χ2v) is 9.06. The second kappa shape index (κ2) is 24.2. The Balaban J connectivity index is 3.86. The molecule has 0 radical (unpaired) electrons. The van der Waals surface area contributed by atoms with Crippen molar-refractivity contribution in [1.82, 2.24) is 25.8 Å². The zero-order chi connectivity index (χ0) is 30.9. The highest BCUT2D eigenvalue weighted by molar-refractivity contribution is 5.83. The predicted molar refractivity (Wildman–Crippen MR) is 150 cm³/mol. The minimum atomic E-state index is -0.584. The number of nitrogens with one attached hydrogen (secondary N) is 2. The Morgan fingerprint density at radius 3 is 1.76 bits per heavy atom. The number of carbonyl (C=O) groups is 5. The fraction of sp³-hybridized carbons (Fsp3) is 0.593. The molecular formula is C27H46N6O8. The van der Waals surface area contributed by atoms with Gasteiger partial charge in [-0.3, -0.25) is 39.6 Å². The van der Waals surface area contributed by atoms with E-state index in [2.05, 4.69) is 10.6 Å².